The van der Waals surface area contributed by atoms with Crippen LogP contribution in [0.4, 0.5) is 5.69 Å². The standard InChI is InChI=1S/C29H26ClN3O4/c1-37-25-12-6-21(17-32-24-10-4-20(5-11-24)19-2-8-23(30)9-3-19)26(16-25)22-7-13-27(33-18-22)29(36)31-15-14-28(34)35/h2-13,16,18,32H,14-15,17H2,1H3,(H,31,36)(H,34,35). The van der Waals surface area contributed by atoms with Crippen LogP contribution in [0.15, 0.2) is 85.1 Å². The number of hydrogen-bond acceptors (Lipinski definition) is 5. The van der Waals surface area contributed by atoms with Gasteiger partial charge in [-0.25, -0.2) is 0 Å². The molecule has 0 aliphatic rings. The third kappa shape index (κ3) is 6.86. The van der Waals surface area contributed by atoms with E-state index in [2.05, 4.69) is 27.8 Å². The quantitative estimate of drug-likeness (QED) is 0.243. The molecule has 1 aromatic heterocycles. The molecule has 1 amide bonds. The molecule has 0 spiro atoms. The van der Waals surface area contributed by atoms with Crippen molar-refractivity contribution in [3.8, 4) is 28.0 Å². The number of carboxylic acids is 1. The Hall–Kier alpha value is -4.36. The van der Waals surface area contributed by atoms with Gasteiger partial charge in [-0.3, -0.25) is 14.6 Å². The van der Waals surface area contributed by atoms with Crippen molar-refractivity contribution in [1.82, 2.24) is 10.3 Å². The van der Waals surface area contributed by atoms with E-state index in [-0.39, 0.29) is 18.7 Å². The molecule has 0 atom stereocenters. The van der Waals surface area contributed by atoms with E-state index >= 15 is 0 Å². The first kappa shape index (κ1) is 25.7. The molecule has 0 unspecified atom stereocenters. The van der Waals surface area contributed by atoms with E-state index in [0.717, 1.165) is 33.5 Å². The van der Waals surface area contributed by atoms with Crippen molar-refractivity contribution >= 4 is 29.2 Å². The van der Waals surface area contributed by atoms with Crippen LogP contribution in [0.5, 0.6) is 5.75 Å². The number of benzene rings is 3. The molecule has 0 saturated carbocycles. The summed E-state index contributed by atoms with van der Waals surface area (Å²) >= 11 is 5.99. The molecule has 1 heterocycles. The number of carboxylic acid groups (broad SMARTS) is 1. The Morgan fingerprint density at radius 3 is 2.22 bits per heavy atom. The number of nitrogens with one attached hydrogen (secondary N) is 2. The van der Waals surface area contributed by atoms with Gasteiger partial charge in [0.2, 0.25) is 0 Å². The maximum Gasteiger partial charge on any atom is 0.305 e. The zero-order valence-electron chi connectivity index (χ0n) is 20.2. The van der Waals surface area contributed by atoms with Crippen LogP contribution in [0.25, 0.3) is 22.3 Å². The van der Waals surface area contributed by atoms with E-state index in [1.165, 1.54) is 0 Å². The Labute approximate surface area is 220 Å². The first-order valence-electron chi connectivity index (χ1n) is 11.7. The van der Waals surface area contributed by atoms with E-state index in [1.807, 2.05) is 60.7 Å². The zero-order chi connectivity index (χ0) is 26.2. The maximum atomic E-state index is 12.2. The smallest absolute Gasteiger partial charge is 0.305 e. The highest BCUT2D eigenvalue weighted by atomic mass is 35.5. The number of ether oxygens (including phenoxy) is 1. The molecule has 0 radical (unpaired) electrons. The lowest BCUT2D eigenvalue weighted by atomic mass is 10.00. The first-order valence-corrected chi connectivity index (χ1v) is 12.0. The van der Waals surface area contributed by atoms with Gasteiger partial charge in [0.15, 0.2) is 0 Å². The Morgan fingerprint density at radius 2 is 1.59 bits per heavy atom. The monoisotopic (exact) mass is 515 g/mol. The summed E-state index contributed by atoms with van der Waals surface area (Å²) in [5, 5.41) is 15.5. The van der Waals surface area contributed by atoms with Gasteiger partial charge in [-0.1, -0.05) is 48.0 Å². The zero-order valence-corrected chi connectivity index (χ0v) is 21.0. The highest BCUT2D eigenvalue weighted by molar-refractivity contribution is 6.30. The molecule has 3 aromatic carbocycles. The van der Waals surface area contributed by atoms with Crippen LogP contribution in [-0.4, -0.2) is 35.6 Å². The maximum absolute atomic E-state index is 12.2. The summed E-state index contributed by atoms with van der Waals surface area (Å²) in [6.07, 6.45) is 1.49. The summed E-state index contributed by atoms with van der Waals surface area (Å²) in [6.45, 7) is 0.612. The van der Waals surface area contributed by atoms with Gasteiger partial charge in [-0.05, 0) is 64.7 Å². The number of carbonyl (C=O) groups is 2. The van der Waals surface area contributed by atoms with Crippen molar-refractivity contribution in [1.29, 1.82) is 0 Å². The summed E-state index contributed by atoms with van der Waals surface area (Å²) < 4.78 is 5.42. The van der Waals surface area contributed by atoms with Crippen molar-refractivity contribution in [2.45, 2.75) is 13.0 Å². The number of hydrogen-bond donors (Lipinski definition) is 3. The summed E-state index contributed by atoms with van der Waals surface area (Å²) in [6, 6.07) is 25.2. The number of aliphatic carboxylic acids is 1. The lowest BCUT2D eigenvalue weighted by molar-refractivity contribution is -0.136. The van der Waals surface area contributed by atoms with E-state index in [4.69, 9.17) is 21.4 Å². The Kier molecular flexibility index (Phi) is 8.38. The number of pyridine rings is 1. The number of aromatic nitrogens is 1. The normalized spacial score (nSPS) is 10.5. The van der Waals surface area contributed by atoms with Gasteiger partial charge < -0.3 is 20.5 Å². The largest absolute Gasteiger partial charge is 0.497 e. The molecule has 7 nitrogen and oxygen atoms in total. The molecule has 37 heavy (non-hydrogen) atoms. The Morgan fingerprint density at radius 1 is 0.919 bits per heavy atom. The van der Waals surface area contributed by atoms with Crippen LogP contribution in [0.3, 0.4) is 0 Å². The minimum Gasteiger partial charge on any atom is -0.497 e. The summed E-state index contributed by atoms with van der Waals surface area (Å²) in [5.41, 5.74) is 6.18. The van der Waals surface area contributed by atoms with Crippen molar-refractivity contribution in [2.24, 2.45) is 0 Å². The first-order chi connectivity index (χ1) is 17.9. The van der Waals surface area contributed by atoms with Crippen LogP contribution in [0.2, 0.25) is 5.02 Å². The lowest BCUT2D eigenvalue weighted by Gasteiger charge is -2.14. The SMILES string of the molecule is COc1ccc(CNc2ccc(-c3ccc(Cl)cc3)cc2)c(-c2ccc(C(=O)NCCC(=O)O)nc2)c1. The van der Waals surface area contributed by atoms with Gasteiger partial charge in [0.1, 0.15) is 11.4 Å². The molecule has 0 fully saturated rings. The van der Waals surface area contributed by atoms with Crippen molar-refractivity contribution in [2.75, 3.05) is 19.0 Å². The predicted molar refractivity (Wildman–Crippen MR) is 145 cm³/mol. The van der Waals surface area contributed by atoms with E-state index in [0.29, 0.717) is 17.3 Å². The van der Waals surface area contributed by atoms with Crippen LogP contribution < -0.4 is 15.4 Å². The molecule has 4 aromatic rings. The minimum absolute atomic E-state index is 0.0456. The van der Waals surface area contributed by atoms with Gasteiger partial charge in [-0.2, -0.15) is 0 Å². The van der Waals surface area contributed by atoms with Gasteiger partial charge >= 0.3 is 5.97 Å². The molecule has 0 bridgehead atoms. The summed E-state index contributed by atoms with van der Waals surface area (Å²) in [7, 11) is 1.61. The molecule has 3 N–H and O–H groups in total. The summed E-state index contributed by atoms with van der Waals surface area (Å²) in [5.74, 6) is -0.677. The van der Waals surface area contributed by atoms with Gasteiger partial charge in [0.05, 0.1) is 13.5 Å². The average molecular weight is 516 g/mol. The highest BCUT2D eigenvalue weighted by Crippen LogP contribution is 2.29. The van der Waals surface area contributed by atoms with Gasteiger partial charge in [0.25, 0.3) is 5.91 Å². The molecule has 8 heteroatoms. The number of nitrogens with zero attached hydrogens (tertiary/aromatic N) is 1. The van der Waals surface area contributed by atoms with Crippen molar-refractivity contribution < 1.29 is 19.4 Å². The fraction of sp³-hybridized carbons (Fsp3) is 0.138. The van der Waals surface area contributed by atoms with Crippen LogP contribution in [0.1, 0.15) is 22.5 Å². The molecular formula is C29H26ClN3O4. The highest BCUT2D eigenvalue weighted by Gasteiger charge is 2.11. The number of amides is 1. The van der Waals surface area contributed by atoms with Crippen LogP contribution in [-0.2, 0) is 11.3 Å². The Balaban J connectivity index is 1.47. The van der Waals surface area contributed by atoms with E-state index in [9.17, 15) is 9.59 Å². The fourth-order valence-electron chi connectivity index (χ4n) is 3.79. The van der Waals surface area contributed by atoms with Gasteiger partial charge in [0, 0.05) is 35.6 Å². The lowest BCUT2D eigenvalue weighted by Crippen LogP contribution is -2.26. The second-order valence-electron chi connectivity index (χ2n) is 8.29. The molecule has 0 aliphatic heterocycles. The average Bonchev–Trinajstić information content (AvgIpc) is 2.92. The number of methoxy groups -OCH3 is 1. The second-order valence-corrected chi connectivity index (χ2v) is 8.73. The number of halogens is 1. The third-order valence-corrected chi connectivity index (χ3v) is 6.05. The summed E-state index contributed by atoms with van der Waals surface area (Å²) in [4.78, 5) is 27.2. The topological polar surface area (TPSA) is 101 Å². The number of carbonyl (C=O) groups excluding carboxylic acids is 1. The molecule has 0 aliphatic carbocycles. The molecular weight excluding hydrogens is 490 g/mol. The predicted octanol–water partition coefficient (Wildman–Crippen LogP) is 5.89. The van der Waals surface area contributed by atoms with E-state index in [1.54, 1.807) is 19.4 Å². The van der Waals surface area contributed by atoms with Crippen molar-refractivity contribution in [3.63, 3.8) is 0 Å². The molecule has 0 saturated heterocycles. The second kappa shape index (κ2) is 12.1. The van der Waals surface area contributed by atoms with E-state index < -0.39 is 11.9 Å². The van der Waals surface area contributed by atoms with Crippen molar-refractivity contribution in [3.05, 3.63) is 101 Å². The Bertz CT molecular complexity index is 1370. The number of anilines is 1. The van der Waals surface area contributed by atoms with Gasteiger partial charge in [-0.15, -0.1) is 0 Å². The molecule has 188 valence electrons. The number of rotatable bonds is 10. The minimum atomic E-state index is -0.972. The van der Waals surface area contributed by atoms with Crippen LogP contribution >= 0.6 is 11.6 Å². The fourth-order valence-corrected chi connectivity index (χ4v) is 3.91. The third-order valence-electron chi connectivity index (χ3n) is 5.79. The van der Waals surface area contributed by atoms with Crippen LogP contribution in [0, 0.1) is 0 Å². The molecule has 4 rings (SSSR count).